The Balaban J connectivity index is 1.58. The van der Waals surface area contributed by atoms with Gasteiger partial charge in [-0.2, -0.15) is 9.97 Å². The van der Waals surface area contributed by atoms with Crippen molar-refractivity contribution in [2.75, 3.05) is 23.3 Å². The molecule has 1 saturated heterocycles. The highest BCUT2D eigenvalue weighted by molar-refractivity contribution is 5.75. The molecule has 3 aromatic heterocycles. The Kier molecular flexibility index (Phi) is 5.78. The highest BCUT2D eigenvalue weighted by Gasteiger charge is 2.25. The molecule has 3 N–H and O–H groups in total. The molecule has 1 aromatic carbocycles. The van der Waals surface area contributed by atoms with Gasteiger partial charge in [-0.15, -0.1) is 0 Å². The van der Waals surface area contributed by atoms with Crippen LogP contribution >= 0.6 is 0 Å². The zero-order chi connectivity index (χ0) is 22.8. The molecule has 0 amide bonds. The smallest absolute Gasteiger partial charge is 0.281 e. The Morgan fingerprint density at radius 3 is 2.70 bits per heavy atom. The van der Waals surface area contributed by atoms with Crippen LogP contribution < -0.4 is 21.5 Å². The average Bonchev–Trinajstić information content (AvgIpc) is 3.20. The van der Waals surface area contributed by atoms with E-state index < -0.39 is 0 Å². The molecule has 1 fully saturated rings. The lowest BCUT2D eigenvalue weighted by molar-refractivity contribution is 0.495. The molecule has 0 spiro atoms. The van der Waals surface area contributed by atoms with Gasteiger partial charge >= 0.3 is 0 Å². The van der Waals surface area contributed by atoms with E-state index in [1.165, 1.54) is 0 Å². The van der Waals surface area contributed by atoms with Crippen molar-refractivity contribution in [3.05, 3.63) is 76.3 Å². The van der Waals surface area contributed by atoms with Crippen LogP contribution in [0.2, 0.25) is 0 Å². The number of nitrogens with zero attached hydrogens (tertiary/aromatic N) is 6. The van der Waals surface area contributed by atoms with Gasteiger partial charge in [-0.05, 0) is 30.5 Å². The van der Waals surface area contributed by atoms with Crippen molar-refractivity contribution in [1.29, 1.82) is 0 Å². The maximum atomic E-state index is 13.5. The lowest BCUT2D eigenvalue weighted by Gasteiger charge is -2.31. The highest BCUT2D eigenvalue weighted by atomic mass is 16.1. The quantitative estimate of drug-likeness (QED) is 0.469. The first kappa shape index (κ1) is 21.1. The molecule has 1 atom stereocenters. The first-order chi connectivity index (χ1) is 16.1. The first-order valence-electron chi connectivity index (χ1n) is 11.3. The zero-order valence-corrected chi connectivity index (χ0v) is 18.7. The van der Waals surface area contributed by atoms with E-state index in [1.54, 1.807) is 17.8 Å². The molecule has 4 aromatic rings. The third-order valence-corrected chi connectivity index (χ3v) is 6.05. The normalized spacial score (nSPS) is 16.3. The monoisotopic (exact) mass is 444 g/mol. The van der Waals surface area contributed by atoms with Gasteiger partial charge < -0.3 is 16.0 Å². The van der Waals surface area contributed by atoms with E-state index in [2.05, 4.69) is 15.2 Å². The number of nitrogens with one attached hydrogen (secondary N) is 1. The zero-order valence-electron chi connectivity index (χ0n) is 18.7. The van der Waals surface area contributed by atoms with Gasteiger partial charge in [-0.1, -0.05) is 36.4 Å². The van der Waals surface area contributed by atoms with Crippen molar-refractivity contribution in [1.82, 2.24) is 24.1 Å². The minimum absolute atomic E-state index is 0.0840. The van der Waals surface area contributed by atoms with E-state index in [4.69, 9.17) is 15.7 Å². The Morgan fingerprint density at radius 2 is 1.94 bits per heavy atom. The summed E-state index contributed by atoms with van der Waals surface area (Å²) < 4.78 is 3.49. The molecule has 4 heterocycles. The van der Waals surface area contributed by atoms with Crippen LogP contribution in [0.3, 0.4) is 0 Å². The Bertz CT molecular complexity index is 1300. The summed E-state index contributed by atoms with van der Waals surface area (Å²) in [6, 6.07) is 15.9. The molecule has 9 heteroatoms. The van der Waals surface area contributed by atoms with Gasteiger partial charge in [0.15, 0.2) is 11.2 Å². The molecule has 1 aliphatic rings. The number of piperidine rings is 1. The lowest BCUT2D eigenvalue weighted by atomic mass is 10.1. The number of nitrogens with two attached hydrogens (primary N) is 1. The molecule has 5 rings (SSSR count). The van der Waals surface area contributed by atoms with Gasteiger partial charge in [0.25, 0.3) is 5.56 Å². The highest BCUT2D eigenvalue weighted by Crippen LogP contribution is 2.24. The molecular formula is C24H28N8O. The van der Waals surface area contributed by atoms with Crippen molar-refractivity contribution in [3.63, 3.8) is 0 Å². The second kappa shape index (κ2) is 9.03. The van der Waals surface area contributed by atoms with Crippen molar-refractivity contribution >= 4 is 23.1 Å². The second-order valence-corrected chi connectivity index (χ2v) is 8.48. The van der Waals surface area contributed by atoms with Crippen molar-refractivity contribution < 1.29 is 0 Å². The number of fused-ring (bicyclic) bond motifs is 1. The van der Waals surface area contributed by atoms with Crippen LogP contribution in [0.1, 0.15) is 24.1 Å². The molecule has 170 valence electrons. The molecule has 9 nitrogen and oxygen atoms in total. The third-order valence-electron chi connectivity index (χ3n) is 6.05. The summed E-state index contributed by atoms with van der Waals surface area (Å²) in [4.78, 5) is 29.7. The maximum Gasteiger partial charge on any atom is 0.281 e. The number of benzene rings is 1. The Morgan fingerprint density at radius 1 is 1.12 bits per heavy atom. The summed E-state index contributed by atoms with van der Waals surface area (Å²) in [5.74, 6) is 1.20. The van der Waals surface area contributed by atoms with E-state index >= 15 is 0 Å². The van der Waals surface area contributed by atoms with Gasteiger partial charge in [-0.3, -0.25) is 18.9 Å². The molecule has 0 bridgehead atoms. The fraction of sp³-hybridized carbons (Fsp3) is 0.333. The summed E-state index contributed by atoms with van der Waals surface area (Å²) in [6.07, 6.45) is 3.74. The van der Waals surface area contributed by atoms with E-state index in [0.29, 0.717) is 36.7 Å². The van der Waals surface area contributed by atoms with Crippen LogP contribution in [0.15, 0.2) is 59.5 Å². The Hall–Kier alpha value is -3.72. The van der Waals surface area contributed by atoms with Crippen LogP contribution in [0, 0.1) is 0 Å². The van der Waals surface area contributed by atoms with Gasteiger partial charge in [0, 0.05) is 38.9 Å². The van der Waals surface area contributed by atoms with Crippen molar-refractivity contribution in [2.45, 2.75) is 32.0 Å². The molecule has 0 radical (unpaired) electrons. The minimum atomic E-state index is -0.147. The van der Waals surface area contributed by atoms with E-state index in [-0.39, 0.29) is 11.6 Å². The number of hydrogen-bond acceptors (Lipinski definition) is 7. The largest absolute Gasteiger partial charge is 0.351 e. The number of imidazole rings is 1. The number of aromatic nitrogens is 5. The van der Waals surface area contributed by atoms with Gasteiger partial charge in [0.2, 0.25) is 11.9 Å². The number of anilines is 2. The van der Waals surface area contributed by atoms with Crippen molar-refractivity contribution in [3.8, 4) is 0 Å². The summed E-state index contributed by atoms with van der Waals surface area (Å²) >= 11 is 0. The molecule has 1 aliphatic heterocycles. The van der Waals surface area contributed by atoms with Crippen molar-refractivity contribution in [2.24, 2.45) is 12.8 Å². The topological polar surface area (TPSA) is 107 Å². The average molecular weight is 445 g/mol. The van der Waals surface area contributed by atoms with Gasteiger partial charge in [0.1, 0.15) is 0 Å². The molecular weight excluding hydrogens is 416 g/mol. The van der Waals surface area contributed by atoms with Gasteiger partial charge in [-0.25, -0.2) is 0 Å². The summed E-state index contributed by atoms with van der Waals surface area (Å²) in [6.45, 7) is 2.55. The SMILES string of the molecule is Cn1c(NCc2ccccc2)nc2nc(N3CCCC(N)C3)n(Cc3ccccn3)c2c1=O. The van der Waals surface area contributed by atoms with E-state index in [0.717, 1.165) is 36.6 Å². The van der Waals surface area contributed by atoms with Crippen LogP contribution in [-0.2, 0) is 20.1 Å². The fourth-order valence-electron chi connectivity index (χ4n) is 4.32. The third kappa shape index (κ3) is 4.31. The number of hydrogen-bond donors (Lipinski definition) is 2. The summed E-state index contributed by atoms with van der Waals surface area (Å²) in [7, 11) is 1.73. The van der Waals surface area contributed by atoms with E-state index in [1.807, 2.05) is 53.1 Å². The minimum Gasteiger partial charge on any atom is -0.351 e. The Labute approximate surface area is 191 Å². The van der Waals surface area contributed by atoms with Gasteiger partial charge in [0.05, 0.1) is 12.2 Å². The predicted molar refractivity (Wildman–Crippen MR) is 129 cm³/mol. The molecule has 1 unspecified atom stereocenters. The number of pyridine rings is 1. The summed E-state index contributed by atoms with van der Waals surface area (Å²) in [5.41, 5.74) is 8.97. The van der Waals surface area contributed by atoms with Crippen LogP contribution in [-0.4, -0.2) is 43.2 Å². The molecule has 0 saturated carbocycles. The van der Waals surface area contributed by atoms with Crippen LogP contribution in [0.25, 0.3) is 11.2 Å². The first-order valence-corrected chi connectivity index (χ1v) is 11.3. The lowest BCUT2D eigenvalue weighted by Crippen LogP contribution is -2.44. The predicted octanol–water partition coefficient (Wildman–Crippen LogP) is 2.11. The standard InChI is InChI=1S/C24H28N8O/c1-30-22(33)20-21(28-23(30)27-14-17-8-3-2-4-9-17)29-24(31-13-7-10-18(25)15-31)32(20)16-19-11-5-6-12-26-19/h2-6,8-9,11-12,18H,7,10,13-16,25H2,1H3,(H,27,28). The fourth-order valence-corrected chi connectivity index (χ4v) is 4.32. The van der Waals surface area contributed by atoms with Crippen LogP contribution in [0.4, 0.5) is 11.9 Å². The summed E-state index contributed by atoms with van der Waals surface area (Å²) in [5, 5.41) is 3.28. The second-order valence-electron chi connectivity index (χ2n) is 8.48. The van der Waals surface area contributed by atoms with E-state index in [9.17, 15) is 4.79 Å². The van der Waals surface area contributed by atoms with Crippen LogP contribution in [0.5, 0.6) is 0 Å². The molecule has 33 heavy (non-hydrogen) atoms. The number of rotatable bonds is 6. The molecule has 0 aliphatic carbocycles. The maximum absolute atomic E-state index is 13.5.